The Balaban J connectivity index is 3.24. The second-order valence-corrected chi connectivity index (χ2v) is 4.78. The first-order valence-corrected chi connectivity index (χ1v) is 4.95. The summed E-state index contributed by atoms with van der Waals surface area (Å²) in [5.74, 6) is 0. The third-order valence-corrected chi connectivity index (χ3v) is 2.60. The van der Waals surface area contributed by atoms with Crippen molar-refractivity contribution in [3.05, 3.63) is 23.3 Å². The highest BCUT2D eigenvalue weighted by Crippen LogP contribution is 2.20. The summed E-state index contributed by atoms with van der Waals surface area (Å²) in [6.45, 7) is 8.09. The molecule has 2 N–H and O–H groups in total. The highest BCUT2D eigenvalue weighted by Gasteiger charge is 2.18. The summed E-state index contributed by atoms with van der Waals surface area (Å²) in [4.78, 5) is 2.08. The van der Waals surface area contributed by atoms with Gasteiger partial charge in [0, 0.05) is 24.3 Å². The van der Waals surface area contributed by atoms with E-state index in [1.807, 2.05) is 13.1 Å². The Kier molecular flexibility index (Phi) is 2.79. The summed E-state index contributed by atoms with van der Waals surface area (Å²) in [6, 6.07) is 3.52. The Morgan fingerprint density at radius 1 is 1.33 bits per heavy atom. The van der Waals surface area contributed by atoms with Crippen LogP contribution in [-0.2, 0) is 0 Å². The van der Waals surface area contributed by atoms with E-state index < -0.39 is 0 Å². The molecule has 1 aromatic rings. The molecule has 0 bridgehead atoms. The summed E-state index contributed by atoms with van der Waals surface area (Å²) in [7, 11) is 1.98. The second-order valence-electron chi connectivity index (χ2n) is 4.78. The lowest BCUT2D eigenvalue weighted by atomic mass is 10.1. The van der Waals surface area contributed by atoms with E-state index in [-0.39, 0.29) is 11.0 Å². The average Bonchev–Trinajstić information content (AvgIpc) is 2.10. The van der Waals surface area contributed by atoms with Crippen LogP contribution in [0.5, 0.6) is 0 Å². The molecule has 4 heteroatoms. The first-order chi connectivity index (χ1) is 6.73. The van der Waals surface area contributed by atoms with Gasteiger partial charge in [0.25, 0.3) is 0 Å². The van der Waals surface area contributed by atoms with Gasteiger partial charge < -0.3 is 10.1 Å². The zero-order valence-electron chi connectivity index (χ0n) is 10.00. The van der Waals surface area contributed by atoms with Crippen molar-refractivity contribution in [3.63, 3.8) is 0 Å². The number of rotatable bonds is 1. The maximum absolute atomic E-state index is 9.43. The van der Waals surface area contributed by atoms with Crippen LogP contribution in [0, 0.1) is 12.3 Å². The number of pyridine rings is 1. The summed E-state index contributed by atoms with van der Waals surface area (Å²) < 4.78 is 0.875. The van der Waals surface area contributed by atoms with Crippen molar-refractivity contribution in [2.24, 2.45) is 0 Å². The van der Waals surface area contributed by atoms with Gasteiger partial charge in [-0.05, 0) is 33.8 Å². The largest absolute Gasteiger partial charge is 0.427 e. The van der Waals surface area contributed by atoms with Gasteiger partial charge in [-0.1, -0.05) is 0 Å². The molecule has 1 heterocycles. The zero-order valence-corrected chi connectivity index (χ0v) is 10.00. The van der Waals surface area contributed by atoms with Crippen LogP contribution in [0.15, 0.2) is 12.1 Å². The van der Waals surface area contributed by atoms with Crippen LogP contribution in [0.3, 0.4) is 0 Å². The van der Waals surface area contributed by atoms with E-state index in [2.05, 4.69) is 25.7 Å². The van der Waals surface area contributed by atoms with Crippen molar-refractivity contribution in [2.75, 3.05) is 11.9 Å². The molecular weight excluding hydrogens is 190 g/mol. The summed E-state index contributed by atoms with van der Waals surface area (Å²) in [5, 5.41) is 17.0. The fourth-order valence-corrected chi connectivity index (χ4v) is 1.29. The average molecular weight is 209 g/mol. The number of hydrogen-bond donors (Lipinski definition) is 2. The number of nitrogens with zero attached hydrogens (tertiary/aromatic N) is 2. The van der Waals surface area contributed by atoms with Crippen molar-refractivity contribution in [3.8, 4) is 0 Å². The molecule has 0 aromatic carbocycles. The molecule has 84 valence electrons. The van der Waals surface area contributed by atoms with Crippen LogP contribution in [0.1, 0.15) is 26.5 Å². The molecule has 15 heavy (non-hydrogen) atoms. The predicted molar refractivity (Wildman–Crippen MR) is 60.4 cm³/mol. The first-order valence-electron chi connectivity index (χ1n) is 4.95. The van der Waals surface area contributed by atoms with Crippen molar-refractivity contribution in [2.45, 2.75) is 33.2 Å². The van der Waals surface area contributed by atoms with Gasteiger partial charge >= 0.3 is 0 Å². The van der Waals surface area contributed by atoms with Gasteiger partial charge in [-0.3, -0.25) is 5.41 Å². The van der Waals surface area contributed by atoms with E-state index >= 15 is 0 Å². The summed E-state index contributed by atoms with van der Waals surface area (Å²) >= 11 is 0. The molecule has 4 nitrogen and oxygen atoms in total. The Bertz CT molecular complexity index is 415. The maximum atomic E-state index is 9.43. The second kappa shape index (κ2) is 3.61. The molecule has 0 atom stereocenters. The van der Waals surface area contributed by atoms with Crippen molar-refractivity contribution in [1.29, 1.82) is 5.41 Å². The number of hydrogen-bond acceptors (Lipinski definition) is 3. The van der Waals surface area contributed by atoms with Gasteiger partial charge in [-0.25, -0.2) is 0 Å². The van der Waals surface area contributed by atoms with Crippen molar-refractivity contribution < 1.29 is 5.21 Å². The topological polar surface area (TPSA) is 52.2 Å². The third-order valence-electron chi connectivity index (χ3n) is 2.60. The molecule has 0 unspecified atom stereocenters. The number of nitrogens with one attached hydrogen (secondary N) is 1. The van der Waals surface area contributed by atoms with Crippen LogP contribution in [0.4, 0.5) is 5.69 Å². The van der Waals surface area contributed by atoms with Gasteiger partial charge in [-0.15, -0.1) is 0 Å². The van der Waals surface area contributed by atoms with Gasteiger partial charge in [0.1, 0.15) is 0 Å². The van der Waals surface area contributed by atoms with Gasteiger partial charge in [0.15, 0.2) is 5.49 Å². The Labute approximate surface area is 90.2 Å². The van der Waals surface area contributed by atoms with E-state index in [0.717, 1.165) is 10.4 Å². The highest BCUT2D eigenvalue weighted by molar-refractivity contribution is 5.47. The molecule has 1 rings (SSSR count). The van der Waals surface area contributed by atoms with Crippen LogP contribution in [0.25, 0.3) is 0 Å². The monoisotopic (exact) mass is 209 g/mol. The number of aryl methyl sites for hydroxylation is 1. The van der Waals surface area contributed by atoms with Gasteiger partial charge in [0.2, 0.25) is 0 Å². The highest BCUT2D eigenvalue weighted by atomic mass is 16.5. The predicted octanol–water partition coefficient (Wildman–Crippen LogP) is 1.75. The number of aromatic nitrogens is 1. The maximum Gasteiger partial charge on any atom is 0.162 e. The van der Waals surface area contributed by atoms with Gasteiger partial charge in [0.05, 0.1) is 5.69 Å². The molecule has 0 aliphatic carbocycles. The summed E-state index contributed by atoms with van der Waals surface area (Å²) in [5.41, 5.74) is 1.70. The van der Waals surface area contributed by atoms with Crippen LogP contribution in [0.2, 0.25) is 0 Å². The minimum Gasteiger partial charge on any atom is -0.427 e. The van der Waals surface area contributed by atoms with Crippen LogP contribution >= 0.6 is 0 Å². The molecule has 0 amide bonds. The molecule has 0 aliphatic rings. The first kappa shape index (κ1) is 11.6. The smallest absolute Gasteiger partial charge is 0.162 e. The summed E-state index contributed by atoms with van der Waals surface area (Å²) in [6.07, 6.45) is 0. The molecule has 1 aromatic heterocycles. The lowest BCUT2D eigenvalue weighted by Crippen LogP contribution is -2.39. The zero-order chi connectivity index (χ0) is 11.8. The molecule has 0 radical (unpaired) electrons. The molecule has 0 saturated heterocycles. The van der Waals surface area contributed by atoms with Crippen molar-refractivity contribution in [1.82, 2.24) is 4.73 Å². The minimum absolute atomic E-state index is 0.000515. The van der Waals surface area contributed by atoms with Crippen LogP contribution < -0.4 is 10.4 Å². The third kappa shape index (κ3) is 2.32. The molecule has 0 fully saturated rings. The lowest BCUT2D eigenvalue weighted by Gasteiger charge is -2.34. The minimum atomic E-state index is 0.000515. The molecule has 0 aliphatic heterocycles. The molecule has 0 saturated carbocycles. The normalized spacial score (nSPS) is 11.5. The van der Waals surface area contributed by atoms with Crippen molar-refractivity contribution >= 4 is 5.69 Å². The standard InChI is InChI=1S/C11H19N3O/c1-8-6-9(7-10(12)14(8)15)13(5)11(2,3)4/h6-7,12,15H,1-5H3. The van der Waals surface area contributed by atoms with E-state index in [1.54, 1.807) is 13.0 Å². The Hall–Kier alpha value is -1.45. The Morgan fingerprint density at radius 3 is 2.27 bits per heavy atom. The van der Waals surface area contributed by atoms with Crippen LogP contribution in [-0.4, -0.2) is 22.5 Å². The SMILES string of the molecule is Cc1cc(N(C)C(C)(C)C)cc(=N)n1O. The fraction of sp³-hybridized carbons (Fsp3) is 0.545. The molecular formula is C11H19N3O. The Morgan fingerprint density at radius 2 is 1.87 bits per heavy atom. The quantitative estimate of drug-likeness (QED) is 0.692. The number of anilines is 1. The lowest BCUT2D eigenvalue weighted by molar-refractivity contribution is 0.164. The van der Waals surface area contributed by atoms with E-state index in [4.69, 9.17) is 5.41 Å². The van der Waals surface area contributed by atoms with E-state index in [0.29, 0.717) is 5.69 Å². The fourth-order valence-electron chi connectivity index (χ4n) is 1.29. The van der Waals surface area contributed by atoms with E-state index in [9.17, 15) is 5.21 Å². The molecule has 0 spiro atoms. The van der Waals surface area contributed by atoms with Gasteiger partial charge in [-0.2, -0.15) is 4.73 Å². The van der Waals surface area contributed by atoms with E-state index in [1.165, 1.54) is 0 Å².